The Morgan fingerprint density at radius 3 is 1.57 bits per heavy atom. The largest absolute Gasteiger partial charge is 0.457 e. The van der Waals surface area contributed by atoms with Crippen molar-refractivity contribution in [2.45, 2.75) is 57.8 Å². The molecule has 2 aliphatic rings. The third-order valence-electron chi connectivity index (χ3n) is 14.7. The number of rotatable bonds is 6. The van der Waals surface area contributed by atoms with E-state index in [0.29, 0.717) is 0 Å². The fourth-order valence-corrected chi connectivity index (χ4v) is 11.2. The van der Waals surface area contributed by atoms with Gasteiger partial charge in [-0.05, 0) is 120 Å². The van der Waals surface area contributed by atoms with Crippen LogP contribution in [0.3, 0.4) is 0 Å². The second-order valence-corrected chi connectivity index (χ2v) is 20.9. The Morgan fingerprint density at radius 2 is 0.870 bits per heavy atom. The Labute approximate surface area is 407 Å². The van der Waals surface area contributed by atoms with Gasteiger partial charge in [0.05, 0.1) is 16.8 Å². The molecule has 0 amide bonds. The summed E-state index contributed by atoms with van der Waals surface area (Å²) in [4.78, 5) is 2.47. The Morgan fingerprint density at radius 1 is 0.348 bits per heavy atom. The molecule has 0 unspecified atom stereocenters. The van der Waals surface area contributed by atoms with E-state index in [1.807, 2.05) is 0 Å². The molecule has 0 fully saturated rings. The highest BCUT2D eigenvalue weighted by molar-refractivity contribution is 6.02. The van der Waals surface area contributed by atoms with Gasteiger partial charge in [-0.2, -0.15) is 0 Å². The molecule has 10 aromatic carbocycles. The molecule has 334 valence electrons. The molecule has 1 heterocycles. The van der Waals surface area contributed by atoms with Crippen LogP contribution in [0.25, 0.3) is 55.3 Å². The van der Waals surface area contributed by atoms with Crippen LogP contribution in [0, 0.1) is 0 Å². The first kappa shape index (κ1) is 42.4. The Bertz CT molecular complexity index is 3540. The standard InChI is InChI=1S/C67H55NO/c1-65(2,3)48-34-38-54-55-39-35-49(66(4,5)6)43-59(55)67(58(54)42-48)57-27-14-17-30-63(57)69-64-40-33-47(41-60(64)67)52-24-12-15-28-61(52)68(50-36-31-45(32-37-50)44-19-8-7-9-20-44)62-29-16-13-25-56(62)53-26-18-22-46-21-10-11-23-51(46)53/h7-43H,1-6H3. The topological polar surface area (TPSA) is 12.5 Å². The molecule has 0 saturated heterocycles. The quantitative estimate of drug-likeness (QED) is 0.165. The van der Waals surface area contributed by atoms with Gasteiger partial charge < -0.3 is 9.64 Å². The predicted octanol–water partition coefficient (Wildman–Crippen LogP) is 18.4. The maximum Gasteiger partial charge on any atom is 0.132 e. The van der Waals surface area contributed by atoms with Crippen molar-refractivity contribution >= 4 is 27.8 Å². The summed E-state index contributed by atoms with van der Waals surface area (Å²) in [5.41, 5.74) is 19.6. The van der Waals surface area contributed by atoms with Crippen molar-refractivity contribution in [1.82, 2.24) is 0 Å². The first-order valence-electron chi connectivity index (χ1n) is 24.3. The van der Waals surface area contributed by atoms with Gasteiger partial charge in [0, 0.05) is 27.9 Å². The number of hydrogen-bond donors (Lipinski definition) is 0. The molecular weight excluding hydrogens is 835 g/mol. The van der Waals surface area contributed by atoms with Crippen molar-refractivity contribution < 1.29 is 4.74 Å². The number of ether oxygens (including phenoxy) is 1. The highest BCUT2D eigenvalue weighted by Gasteiger charge is 2.52. The average Bonchev–Trinajstić information content (AvgIpc) is 3.66. The summed E-state index contributed by atoms with van der Waals surface area (Å²) in [6.07, 6.45) is 0. The molecule has 69 heavy (non-hydrogen) atoms. The van der Waals surface area contributed by atoms with E-state index in [1.165, 1.54) is 66.4 Å². The lowest BCUT2D eigenvalue weighted by Crippen LogP contribution is -2.33. The van der Waals surface area contributed by atoms with Gasteiger partial charge in [0.1, 0.15) is 11.5 Å². The lowest BCUT2D eigenvalue weighted by Gasteiger charge is -2.40. The van der Waals surface area contributed by atoms with E-state index in [4.69, 9.17) is 4.74 Å². The highest BCUT2D eigenvalue weighted by Crippen LogP contribution is 2.63. The molecule has 0 aromatic heterocycles. The molecule has 12 rings (SSSR count). The summed E-state index contributed by atoms with van der Waals surface area (Å²) in [5.74, 6) is 1.78. The van der Waals surface area contributed by atoms with Gasteiger partial charge in [-0.3, -0.25) is 0 Å². The second-order valence-electron chi connectivity index (χ2n) is 20.9. The number of para-hydroxylation sites is 3. The van der Waals surface area contributed by atoms with Gasteiger partial charge >= 0.3 is 0 Å². The van der Waals surface area contributed by atoms with Crippen molar-refractivity contribution in [3.05, 3.63) is 258 Å². The van der Waals surface area contributed by atoms with E-state index < -0.39 is 5.41 Å². The number of fused-ring (bicyclic) bond motifs is 10. The molecule has 0 atom stereocenters. The minimum absolute atomic E-state index is 0.0546. The molecule has 10 aromatic rings. The molecule has 2 nitrogen and oxygen atoms in total. The Balaban J connectivity index is 1.11. The minimum Gasteiger partial charge on any atom is -0.457 e. The summed E-state index contributed by atoms with van der Waals surface area (Å²) in [7, 11) is 0. The lowest BCUT2D eigenvalue weighted by molar-refractivity contribution is 0.436. The third kappa shape index (κ3) is 6.92. The van der Waals surface area contributed by atoms with E-state index in [1.54, 1.807) is 0 Å². The number of hydrogen-bond acceptors (Lipinski definition) is 2. The predicted molar refractivity (Wildman–Crippen MR) is 290 cm³/mol. The van der Waals surface area contributed by atoms with Crippen molar-refractivity contribution in [3.63, 3.8) is 0 Å². The van der Waals surface area contributed by atoms with E-state index in [2.05, 4.69) is 271 Å². The van der Waals surface area contributed by atoms with E-state index >= 15 is 0 Å². The number of benzene rings is 10. The van der Waals surface area contributed by atoms with E-state index in [-0.39, 0.29) is 10.8 Å². The zero-order chi connectivity index (χ0) is 47.1. The number of nitrogens with zero attached hydrogens (tertiary/aromatic N) is 1. The maximum atomic E-state index is 7.03. The van der Waals surface area contributed by atoms with Crippen LogP contribution in [-0.4, -0.2) is 0 Å². The summed E-state index contributed by atoms with van der Waals surface area (Å²) >= 11 is 0. The van der Waals surface area contributed by atoms with Gasteiger partial charge in [-0.25, -0.2) is 0 Å². The fraction of sp³-hybridized carbons (Fsp3) is 0.134. The van der Waals surface area contributed by atoms with E-state index in [9.17, 15) is 0 Å². The summed E-state index contributed by atoms with van der Waals surface area (Å²) in [6, 6.07) is 83.0. The molecule has 0 saturated carbocycles. The summed E-state index contributed by atoms with van der Waals surface area (Å²) in [5, 5.41) is 2.44. The highest BCUT2D eigenvalue weighted by atomic mass is 16.5. The van der Waals surface area contributed by atoms with Crippen molar-refractivity contribution in [2.24, 2.45) is 0 Å². The van der Waals surface area contributed by atoms with Gasteiger partial charge in [-0.15, -0.1) is 0 Å². The molecule has 1 spiro atoms. The van der Waals surface area contributed by atoms with Crippen LogP contribution in [0.5, 0.6) is 11.5 Å². The molecule has 1 aliphatic heterocycles. The van der Waals surface area contributed by atoms with Crippen molar-refractivity contribution in [3.8, 4) is 56.0 Å². The maximum absolute atomic E-state index is 7.03. The molecule has 0 N–H and O–H groups in total. The van der Waals surface area contributed by atoms with Gasteiger partial charge in [0.2, 0.25) is 0 Å². The molecule has 2 heteroatoms. The van der Waals surface area contributed by atoms with Crippen LogP contribution in [0.4, 0.5) is 17.1 Å². The first-order valence-corrected chi connectivity index (χ1v) is 24.3. The lowest BCUT2D eigenvalue weighted by atomic mass is 9.64. The van der Waals surface area contributed by atoms with Crippen LogP contribution < -0.4 is 9.64 Å². The van der Waals surface area contributed by atoms with Crippen LogP contribution in [0.2, 0.25) is 0 Å². The first-order chi connectivity index (χ1) is 33.5. The summed E-state index contributed by atoms with van der Waals surface area (Å²) < 4.78 is 7.03. The molecule has 1 aliphatic carbocycles. The van der Waals surface area contributed by atoms with Crippen LogP contribution in [0.1, 0.15) is 74.9 Å². The van der Waals surface area contributed by atoms with Gasteiger partial charge in [0.15, 0.2) is 0 Å². The zero-order valence-electron chi connectivity index (χ0n) is 40.2. The van der Waals surface area contributed by atoms with Crippen molar-refractivity contribution in [2.75, 3.05) is 4.90 Å². The van der Waals surface area contributed by atoms with E-state index in [0.717, 1.165) is 50.8 Å². The van der Waals surface area contributed by atoms with Gasteiger partial charge in [0.25, 0.3) is 0 Å². The Kier molecular flexibility index (Phi) is 9.90. The third-order valence-corrected chi connectivity index (χ3v) is 14.7. The van der Waals surface area contributed by atoms with Crippen LogP contribution in [0.15, 0.2) is 224 Å². The number of anilines is 3. The minimum atomic E-state index is -0.643. The Hall–Kier alpha value is -7.94. The van der Waals surface area contributed by atoms with Crippen LogP contribution in [-0.2, 0) is 16.2 Å². The zero-order valence-corrected chi connectivity index (χ0v) is 40.2. The molecule has 0 radical (unpaired) electrons. The molecule has 0 bridgehead atoms. The summed E-state index contributed by atoms with van der Waals surface area (Å²) in [6.45, 7) is 13.9. The van der Waals surface area contributed by atoms with Crippen LogP contribution >= 0.6 is 0 Å². The molecular formula is C67H55NO. The average molecular weight is 890 g/mol. The monoisotopic (exact) mass is 889 g/mol. The van der Waals surface area contributed by atoms with Crippen molar-refractivity contribution in [1.29, 1.82) is 0 Å². The normalized spacial score (nSPS) is 13.3. The SMILES string of the molecule is CC(C)(C)c1ccc2c(c1)C1(c3ccccc3Oc3ccc(-c4ccccc4N(c4ccc(-c5ccccc5)cc4)c4ccccc4-c4cccc5ccccc45)cc31)c1cc(C(C)(C)C)ccc1-2. The fourth-order valence-electron chi connectivity index (χ4n) is 11.2. The smallest absolute Gasteiger partial charge is 0.132 e. The second kappa shape index (κ2) is 16.1. The van der Waals surface area contributed by atoms with Gasteiger partial charge in [-0.1, -0.05) is 224 Å².